The van der Waals surface area contributed by atoms with Crippen molar-refractivity contribution in [3.63, 3.8) is 0 Å². The Hall–Kier alpha value is -3.28. The molecule has 134 valence electrons. The number of hydrogen-bond acceptors (Lipinski definition) is 2. The van der Waals surface area contributed by atoms with Crippen LogP contribution < -0.4 is 16.4 Å². The van der Waals surface area contributed by atoms with Crippen LogP contribution in [0.4, 0.5) is 4.79 Å². The smallest absolute Gasteiger partial charge is 0.312 e. The molecule has 0 aliphatic carbocycles. The van der Waals surface area contributed by atoms with Crippen LogP contribution in [-0.4, -0.2) is 23.0 Å². The fourth-order valence-electron chi connectivity index (χ4n) is 3.04. The maximum atomic E-state index is 12.7. The van der Waals surface area contributed by atoms with E-state index in [1.807, 2.05) is 67.7 Å². The maximum absolute atomic E-state index is 12.7. The van der Waals surface area contributed by atoms with Crippen LogP contribution in [0.1, 0.15) is 24.1 Å². The normalized spacial score (nSPS) is 13.1. The Bertz CT molecular complexity index is 904. The van der Waals surface area contributed by atoms with Gasteiger partial charge in [-0.05, 0) is 24.1 Å². The summed E-state index contributed by atoms with van der Waals surface area (Å²) in [6.07, 6.45) is 2.20. The number of aromatic nitrogens is 1. The molecular formula is C20H22N4O2. The number of fused-ring (bicyclic) bond motifs is 1. The Morgan fingerprint density at radius 2 is 1.73 bits per heavy atom. The number of para-hydroxylation sites is 1. The van der Waals surface area contributed by atoms with E-state index >= 15 is 0 Å². The van der Waals surface area contributed by atoms with Gasteiger partial charge < -0.3 is 21.4 Å². The van der Waals surface area contributed by atoms with E-state index in [-0.39, 0.29) is 11.9 Å². The number of carbonyl (C=O) groups is 2. The lowest BCUT2D eigenvalue weighted by molar-refractivity contribution is -0.123. The average Bonchev–Trinajstić information content (AvgIpc) is 3.04. The molecule has 0 fully saturated rings. The summed E-state index contributed by atoms with van der Waals surface area (Å²) in [5.74, 6) is -0.273. The molecule has 3 rings (SSSR count). The summed E-state index contributed by atoms with van der Waals surface area (Å²) in [5, 5.41) is 6.52. The quantitative estimate of drug-likeness (QED) is 0.549. The van der Waals surface area contributed by atoms with E-state index in [1.54, 1.807) is 0 Å². The molecule has 2 aromatic carbocycles. The number of urea groups is 1. The molecule has 2 atom stereocenters. The van der Waals surface area contributed by atoms with E-state index in [4.69, 9.17) is 5.73 Å². The zero-order valence-electron chi connectivity index (χ0n) is 14.5. The van der Waals surface area contributed by atoms with Crippen LogP contribution in [-0.2, 0) is 11.2 Å². The molecule has 3 amide bonds. The molecular weight excluding hydrogens is 328 g/mol. The van der Waals surface area contributed by atoms with Crippen molar-refractivity contribution >= 4 is 22.8 Å². The zero-order chi connectivity index (χ0) is 18.5. The number of nitrogens with one attached hydrogen (secondary N) is 3. The van der Waals surface area contributed by atoms with Crippen molar-refractivity contribution in [2.24, 2.45) is 5.73 Å². The van der Waals surface area contributed by atoms with Crippen molar-refractivity contribution in [2.75, 3.05) is 0 Å². The molecule has 6 heteroatoms. The van der Waals surface area contributed by atoms with Gasteiger partial charge >= 0.3 is 6.03 Å². The first-order valence-corrected chi connectivity index (χ1v) is 8.51. The van der Waals surface area contributed by atoms with Gasteiger partial charge in [-0.1, -0.05) is 48.5 Å². The second kappa shape index (κ2) is 7.74. The van der Waals surface area contributed by atoms with E-state index in [0.29, 0.717) is 6.42 Å². The fourth-order valence-corrected chi connectivity index (χ4v) is 3.04. The highest BCUT2D eigenvalue weighted by Gasteiger charge is 2.23. The Morgan fingerprint density at radius 3 is 2.46 bits per heavy atom. The van der Waals surface area contributed by atoms with Crippen molar-refractivity contribution in [3.05, 3.63) is 71.9 Å². The number of benzene rings is 2. The van der Waals surface area contributed by atoms with Gasteiger partial charge in [0.2, 0.25) is 5.91 Å². The van der Waals surface area contributed by atoms with Crippen LogP contribution in [0.2, 0.25) is 0 Å². The highest BCUT2D eigenvalue weighted by molar-refractivity contribution is 5.89. The number of H-pyrrole nitrogens is 1. The van der Waals surface area contributed by atoms with Crippen molar-refractivity contribution in [1.29, 1.82) is 0 Å². The lowest BCUT2D eigenvalue weighted by atomic mass is 10.0. The molecule has 0 saturated carbocycles. The lowest BCUT2D eigenvalue weighted by Crippen LogP contribution is -2.50. The van der Waals surface area contributed by atoms with E-state index in [1.165, 1.54) is 0 Å². The topological polar surface area (TPSA) is 100 Å². The average molecular weight is 350 g/mol. The standard InChI is InChI=1S/C20H22N4O2/c1-13(14-7-3-2-4-8-14)23-19(25)18(24-20(21)26)11-15-12-22-17-10-6-5-9-16(15)17/h2-10,12-13,18,22H,11H2,1H3,(H,23,25)(H3,21,24,26)/t13-,18?/m0/s1. The molecule has 1 unspecified atom stereocenters. The second-order valence-corrected chi connectivity index (χ2v) is 6.27. The third-order valence-corrected chi connectivity index (χ3v) is 4.39. The summed E-state index contributed by atoms with van der Waals surface area (Å²) in [6, 6.07) is 15.8. The van der Waals surface area contributed by atoms with Crippen molar-refractivity contribution in [3.8, 4) is 0 Å². The lowest BCUT2D eigenvalue weighted by Gasteiger charge is -2.21. The van der Waals surface area contributed by atoms with E-state index in [9.17, 15) is 9.59 Å². The number of nitrogens with two attached hydrogens (primary N) is 1. The molecule has 0 aliphatic rings. The van der Waals surface area contributed by atoms with Crippen molar-refractivity contribution < 1.29 is 9.59 Å². The SMILES string of the molecule is C[C@H](NC(=O)C(Cc1c[nH]c2ccccc12)NC(N)=O)c1ccccc1. The minimum Gasteiger partial charge on any atom is -0.361 e. The summed E-state index contributed by atoms with van der Waals surface area (Å²) < 4.78 is 0. The predicted molar refractivity (Wildman–Crippen MR) is 102 cm³/mol. The first-order chi connectivity index (χ1) is 12.5. The first-order valence-electron chi connectivity index (χ1n) is 8.51. The third kappa shape index (κ3) is 4.03. The number of carbonyl (C=O) groups excluding carboxylic acids is 2. The number of amides is 3. The van der Waals surface area contributed by atoms with Crippen LogP contribution in [0.25, 0.3) is 10.9 Å². The van der Waals surface area contributed by atoms with E-state index < -0.39 is 12.1 Å². The molecule has 0 radical (unpaired) electrons. The van der Waals surface area contributed by atoms with Gasteiger partial charge in [0.1, 0.15) is 6.04 Å². The second-order valence-electron chi connectivity index (χ2n) is 6.27. The van der Waals surface area contributed by atoms with Gasteiger partial charge in [-0.2, -0.15) is 0 Å². The Morgan fingerprint density at radius 1 is 1.04 bits per heavy atom. The molecule has 5 N–H and O–H groups in total. The zero-order valence-corrected chi connectivity index (χ0v) is 14.5. The van der Waals surface area contributed by atoms with Gasteiger partial charge in [-0.3, -0.25) is 4.79 Å². The summed E-state index contributed by atoms with van der Waals surface area (Å²) in [5.41, 5.74) is 8.20. The number of rotatable bonds is 6. The Kier molecular flexibility index (Phi) is 5.22. The highest BCUT2D eigenvalue weighted by atomic mass is 16.2. The molecule has 0 bridgehead atoms. The Balaban J connectivity index is 1.77. The van der Waals surface area contributed by atoms with Gasteiger partial charge in [0.25, 0.3) is 0 Å². The van der Waals surface area contributed by atoms with E-state index in [2.05, 4.69) is 15.6 Å². The Labute approximate surface area is 151 Å². The summed E-state index contributed by atoms with van der Waals surface area (Å²) in [6.45, 7) is 1.90. The van der Waals surface area contributed by atoms with Crippen LogP contribution in [0.3, 0.4) is 0 Å². The molecule has 1 aromatic heterocycles. The number of primary amides is 1. The fraction of sp³-hybridized carbons (Fsp3) is 0.200. The number of hydrogen-bond donors (Lipinski definition) is 4. The number of aromatic amines is 1. The first kappa shape index (κ1) is 17.5. The molecule has 0 spiro atoms. The van der Waals surface area contributed by atoms with Gasteiger partial charge in [0.05, 0.1) is 6.04 Å². The van der Waals surface area contributed by atoms with Gasteiger partial charge in [0, 0.05) is 23.5 Å². The van der Waals surface area contributed by atoms with Crippen LogP contribution in [0.15, 0.2) is 60.8 Å². The monoisotopic (exact) mass is 350 g/mol. The predicted octanol–water partition coefficient (Wildman–Crippen LogP) is 2.62. The summed E-state index contributed by atoms with van der Waals surface area (Å²) >= 11 is 0. The molecule has 0 aliphatic heterocycles. The van der Waals surface area contributed by atoms with Crippen molar-refractivity contribution in [2.45, 2.75) is 25.4 Å². The largest absolute Gasteiger partial charge is 0.361 e. The molecule has 3 aromatic rings. The molecule has 6 nitrogen and oxygen atoms in total. The van der Waals surface area contributed by atoms with Gasteiger partial charge in [0.15, 0.2) is 0 Å². The minimum atomic E-state index is -0.752. The van der Waals surface area contributed by atoms with E-state index in [0.717, 1.165) is 22.0 Å². The van der Waals surface area contributed by atoms with Crippen molar-refractivity contribution in [1.82, 2.24) is 15.6 Å². The summed E-state index contributed by atoms with van der Waals surface area (Å²) in [7, 11) is 0. The third-order valence-electron chi connectivity index (χ3n) is 4.39. The molecule has 0 saturated heterocycles. The van der Waals surface area contributed by atoms with Gasteiger partial charge in [-0.15, -0.1) is 0 Å². The van der Waals surface area contributed by atoms with Gasteiger partial charge in [-0.25, -0.2) is 4.79 Å². The molecule has 1 heterocycles. The highest BCUT2D eigenvalue weighted by Crippen LogP contribution is 2.19. The minimum absolute atomic E-state index is 0.177. The summed E-state index contributed by atoms with van der Waals surface area (Å²) in [4.78, 5) is 27.3. The molecule has 26 heavy (non-hydrogen) atoms. The van der Waals surface area contributed by atoms with Crippen LogP contribution >= 0.6 is 0 Å². The maximum Gasteiger partial charge on any atom is 0.312 e. The van der Waals surface area contributed by atoms with Crippen LogP contribution in [0.5, 0.6) is 0 Å². The van der Waals surface area contributed by atoms with Crippen LogP contribution in [0, 0.1) is 0 Å².